The van der Waals surface area contributed by atoms with E-state index < -0.39 is 28.7 Å². The first-order valence-electron chi connectivity index (χ1n) is 7.48. The minimum atomic E-state index is -0.635. The number of hydrogen-bond acceptors (Lipinski definition) is 5. The van der Waals surface area contributed by atoms with Crippen molar-refractivity contribution < 1.29 is 18.8 Å². The lowest BCUT2D eigenvalue weighted by atomic mass is 10.0. The van der Waals surface area contributed by atoms with Crippen LogP contribution in [0.3, 0.4) is 0 Å². The van der Waals surface area contributed by atoms with Crippen molar-refractivity contribution in [2.24, 2.45) is 0 Å². The predicted molar refractivity (Wildman–Crippen MR) is 80.2 cm³/mol. The highest BCUT2D eigenvalue weighted by Crippen LogP contribution is 2.33. The molecular formula is C15H16F2N4O3. The summed E-state index contributed by atoms with van der Waals surface area (Å²) >= 11 is 0. The van der Waals surface area contributed by atoms with Crippen LogP contribution in [0.15, 0.2) is 30.6 Å². The van der Waals surface area contributed by atoms with Crippen LogP contribution in [0.1, 0.15) is 18.0 Å². The Hall–Kier alpha value is -2.39. The largest absolute Gasteiger partial charge is 0.392 e. The summed E-state index contributed by atoms with van der Waals surface area (Å²) in [5.74, 6) is -1.05. The van der Waals surface area contributed by atoms with Gasteiger partial charge in [0.05, 0.1) is 17.6 Å². The van der Waals surface area contributed by atoms with E-state index in [-0.39, 0.29) is 11.3 Å². The molecule has 0 amide bonds. The summed E-state index contributed by atoms with van der Waals surface area (Å²) in [4.78, 5) is 12.0. The summed E-state index contributed by atoms with van der Waals surface area (Å²) < 4.78 is 28.9. The Balaban J connectivity index is 1.73. The molecule has 128 valence electrons. The van der Waals surface area contributed by atoms with E-state index in [4.69, 9.17) is 0 Å². The van der Waals surface area contributed by atoms with Gasteiger partial charge in [-0.2, -0.15) is 5.10 Å². The number of aromatic nitrogens is 2. The van der Waals surface area contributed by atoms with Crippen molar-refractivity contribution >= 4 is 5.69 Å². The molecule has 7 nitrogen and oxygen atoms in total. The van der Waals surface area contributed by atoms with Gasteiger partial charge in [-0.05, 0) is 24.6 Å². The van der Waals surface area contributed by atoms with Gasteiger partial charge in [-0.1, -0.05) is 0 Å². The Bertz CT molecular complexity index is 752. The number of β-amino-alcohol motifs (C(OH)–C–C–N with tert-alkyl or cyclic N) is 1. The molecule has 2 atom stereocenters. The molecule has 1 saturated heterocycles. The minimum Gasteiger partial charge on any atom is -0.392 e. The van der Waals surface area contributed by atoms with Gasteiger partial charge in [-0.25, -0.2) is 8.78 Å². The molecular weight excluding hydrogens is 322 g/mol. The van der Waals surface area contributed by atoms with Crippen LogP contribution in [0.2, 0.25) is 0 Å². The molecule has 2 heterocycles. The number of benzene rings is 1. The van der Waals surface area contributed by atoms with Gasteiger partial charge in [-0.15, -0.1) is 0 Å². The van der Waals surface area contributed by atoms with Crippen molar-refractivity contribution in [2.75, 3.05) is 13.1 Å². The summed E-state index contributed by atoms with van der Waals surface area (Å²) in [5.41, 5.74) is 0.0992. The van der Waals surface area contributed by atoms with E-state index >= 15 is 0 Å². The minimum absolute atomic E-state index is 0.107. The highest BCUT2D eigenvalue weighted by Gasteiger charge is 2.33. The molecule has 1 aromatic heterocycles. The van der Waals surface area contributed by atoms with Crippen LogP contribution in [0.4, 0.5) is 14.5 Å². The van der Waals surface area contributed by atoms with E-state index in [0.717, 1.165) is 24.4 Å². The van der Waals surface area contributed by atoms with Crippen LogP contribution in [0.25, 0.3) is 0 Å². The first kappa shape index (κ1) is 16.5. The fraction of sp³-hybridized carbons (Fsp3) is 0.400. The van der Waals surface area contributed by atoms with Crippen LogP contribution >= 0.6 is 0 Å². The molecule has 9 heteroatoms. The monoisotopic (exact) mass is 338 g/mol. The first-order valence-corrected chi connectivity index (χ1v) is 7.48. The quantitative estimate of drug-likeness (QED) is 0.665. The summed E-state index contributed by atoms with van der Waals surface area (Å²) in [6.45, 7) is 1.06. The molecule has 1 fully saturated rings. The SMILES string of the molecule is O=[N+]([O-])c1cnn(CCN2C[C@H](O)C[C@@H]2c2cc(F)ccc2F)c1. The number of halogens is 2. The van der Waals surface area contributed by atoms with E-state index in [0.29, 0.717) is 26.1 Å². The van der Waals surface area contributed by atoms with Gasteiger partial charge in [0.1, 0.15) is 24.0 Å². The number of rotatable bonds is 5. The van der Waals surface area contributed by atoms with Crippen LogP contribution < -0.4 is 0 Å². The van der Waals surface area contributed by atoms with E-state index in [1.54, 1.807) is 0 Å². The molecule has 1 aliphatic heterocycles. The molecule has 2 aromatic rings. The van der Waals surface area contributed by atoms with Gasteiger partial charge in [0.2, 0.25) is 0 Å². The van der Waals surface area contributed by atoms with Crippen LogP contribution in [-0.2, 0) is 6.54 Å². The third-order valence-corrected chi connectivity index (χ3v) is 4.15. The molecule has 1 aliphatic rings. The lowest BCUT2D eigenvalue weighted by molar-refractivity contribution is -0.385. The van der Waals surface area contributed by atoms with Gasteiger partial charge in [0.15, 0.2) is 0 Å². The second-order valence-corrected chi connectivity index (χ2v) is 5.78. The average molecular weight is 338 g/mol. The number of aliphatic hydroxyl groups excluding tert-OH is 1. The van der Waals surface area contributed by atoms with Crippen LogP contribution in [0, 0.1) is 21.7 Å². The van der Waals surface area contributed by atoms with Crippen molar-refractivity contribution in [3.05, 3.63) is 57.9 Å². The van der Waals surface area contributed by atoms with Gasteiger partial charge >= 0.3 is 5.69 Å². The molecule has 0 saturated carbocycles. The average Bonchev–Trinajstić information content (AvgIpc) is 3.14. The summed E-state index contributed by atoms with van der Waals surface area (Å²) in [5, 5.41) is 24.5. The maximum absolute atomic E-state index is 14.0. The summed E-state index contributed by atoms with van der Waals surface area (Å²) in [7, 11) is 0. The third-order valence-electron chi connectivity index (χ3n) is 4.15. The van der Waals surface area contributed by atoms with E-state index in [9.17, 15) is 24.0 Å². The molecule has 1 N–H and O–H groups in total. The zero-order valence-corrected chi connectivity index (χ0v) is 12.7. The third kappa shape index (κ3) is 3.41. The van der Waals surface area contributed by atoms with Gasteiger partial charge in [0.25, 0.3) is 0 Å². The normalized spacial score (nSPS) is 21.3. The van der Waals surface area contributed by atoms with Crippen LogP contribution in [-0.4, -0.2) is 43.9 Å². The van der Waals surface area contributed by atoms with E-state index in [1.807, 2.05) is 4.90 Å². The van der Waals surface area contributed by atoms with Gasteiger partial charge < -0.3 is 5.11 Å². The predicted octanol–water partition coefficient (Wildman–Crippen LogP) is 1.88. The van der Waals surface area contributed by atoms with Gasteiger partial charge in [-0.3, -0.25) is 19.7 Å². The number of nitrogens with zero attached hydrogens (tertiary/aromatic N) is 4. The lowest BCUT2D eigenvalue weighted by Gasteiger charge is -2.24. The van der Waals surface area contributed by atoms with Crippen LogP contribution in [0.5, 0.6) is 0 Å². The molecule has 0 aliphatic carbocycles. The van der Waals surface area contributed by atoms with Crippen molar-refractivity contribution in [3.8, 4) is 0 Å². The number of nitro groups is 1. The smallest absolute Gasteiger partial charge is 0.306 e. The Morgan fingerprint density at radius 1 is 1.38 bits per heavy atom. The van der Waals surface area contributed by atoms with E-state index in [1.165, 1.54) is 10.9 Å². The molecule has 0 unspecified atom stereocenters. The summed E-state index contributed by atoms with van der Waals surface area (Å²) in [6.07, 6.45) is 2.14. The molecule has 1 aromatic carbocycles. The highest BCUT2D eigenvalue weighted by atomic mass is 19.1. The van der Waals surface area contributed by atoms with Crippen molar-refractivity contribution in [1.82, 2.24) is 14.7 Å². The first-order chi connectivity index (χ1) is 11.4. The van der Waals surface area contributed by atoms with Crippen molar-refractivity contribution in [3.63, 3.8) is 0 Å². The Kier molecular flexibility index (Phi) is 4.54. The number of likely N-dealkylation sites (tertiary alicyclic amines) is 1. The molecule has 0 radical (unpaired) electrons. The lowest BCUT2D eigenvalue weighted by Crippen LogP contribution is -2.29. The second-order valence-electron chi connectivity index (χ2n) is 5.78. The zero-order chi connectivity index (χ0) is 17.3. The molecule has 0 spiro atoms. The Labute approximate surface area is 136 Å². The van der Waals surface area contributed by atoms with Crippen molar-refractivity contribution in [2.45, 2.75) is 25.1 Å². The second kappa shape index (κ2) is 6.62. The molecule has 0 bridgehead atoms. The fourth-order valence-corrected chi connectivity index (χ4v) is 3.02. The number of hydrogen-bond donors (Lipinski definition) is 1. The van der Waals surface area contributed by atoms with Crippen molar-refractivity contribution in [1.29, 1.82) is 0 Å². The Morgan fingerprint density at radius 2 is 2.17 bits per heavy atom. The maximum atomic E-state index is 14.0. The summed E-state index contributed by atoms with van der Waals surface area (Å²) in [6, 6.07) is 2.83. The molecule has 24 heavy (non-hydrogen) atoms. The fourth-order valence-electron chi connectivity index (χ4n) is 3.02. The maximum Gasteiger partial charge on any atom is 0.306 e. The standard InChI is InChI=1S/C15H16F2N4O3/c16-10-1-2-14(17)13(5-10)15-6-12(22)9-19(15)3-4-20-8-11(7-18-20)21(23)24/h1-2,5,7-8,12,15,22H,3-4,6,9H2/t12-,15-/m1/s1. The Morgan fingerprint density at radius 3 is 2.88 bits per heavy atom. The molecule has 3 rings (SSSR count). The zero-order valence-electron chi connectivity index (χ0n) is 12.7. The topological polar surface area (TPSA) is 84.4 Å². The highest BCUT2D eigenvalue weighted by molar-refractivity contribution is 5.24. The number of aliphatic hydroxyl groups is 1. The van der Waals surface area contributed by atoms with Gasteiger partial charge in [0, 0.05) is 24.7 Å². The van der Waals surface area contributed by atoms with E-state index in [2.05, 4.69) is 5.10 Å².